The summed E-state index contributed by atoms with van der Waals surface area (Å²) in [6, 6.07) is 9.66. The van der Waals surface area contributed by atoms with E-state index in [-0.39, 0.29) is 5.73 Å². The van der Waals surface area contributed by atoms with Crippen molar-refractivity contribution in [3.63, 3.8) is 0 Å². The van der Waals surface area contributed by atoms with Gasteiger partial charge in [-0.1, -0.05) is 18.2 Å². The van der Waals surface area contributed by atoms with E-state index in [4.69, 9.17) is 18.0 Å². The van der Waals surface area contributed by atoms with Crippen molar-refractivity contribution in [2.75, 3.05) is 19.8 Å². The van der Waals surface area contributed by atoms with Gasteiger partial charge in [0, 0.05) is 19.8 Å². The van der Waals surface area contributed by atoms with Gasteiger partial charge < -0.3 is 18.0 Å². The molecule has 19 heavy (non-hydrogen) atoms. The van der Waals surface area contributed by atoms with Gasteiger partial charge in [-0.15, -0.1) is 0 Å². The third-order valence-corrected chi connectivity index (χ3v) is 5.78. The van der Waals surface area contributed by atoms with E-state index in [1.54, 1.807) is 0 Å². The average Bonchev–Trinajstić information content (AvgIpc) is 2.40. The lowest BCUT2D eigenvalue weighted by atomic mass is 10.3. The Labute approximate surface area is 117 Å². The Morgan fingerprint density at radius 3 is 1.79 bits per heavy atom. The number of benzene rings is 1. The van der Waals surface area contributed by atoms with Crippen molar-refractivity contribution in [3.8, 4) is 5.75 Å². The van der Waals surface area contributed by atoms with Crippen LogP contribution in [0.1, 0.15) is 27.7 Å². The van der Waals surface area contributed by atoms with Gasteiger partial charge in [-0.2, -0.15) is 0 Å². The maximum absolute atomic E-state index is 5.92. The molecule has 0 fully saturated rings. The van der Waals surface area contributed by atoms with Crippen LogP contribution in [0.25, 0.3) is 0 Å². The molecule has 0 bridgehead atoms. The summed E-state index contributed by atoms with van der Waals surface area (Å²) in [6.07, 6.45) is 0. The van der Waals surface area contributed by atoms with Gasteiger partial charge >= 0.3 is 8.80 Å². The Morgan fingerprint density at radius 1 is 0.895 bits per heavy atom. The highest BCUT2D eigenvalue weighted by atomic mass is 28.4. The second kappa shape index (κ2) is 8.32. The van der Waals surface area contributed by atoms with Crippen LogP contribution in [-0.4, -0.2) is 34.4 Å². The molecule has 0 N–H and O–H groups in total. The van der Waals surface area contributed by atoms with E-state index < -0.39 is 8.80 Å². The summed E-state index contributed by atoms with van der Waals surface area (Å²) in [5, 5.41) is 0. The van der Waals surface area contributed by atoms with E-state index in [2.05, 4.69) is 0 Å². The molecule has 1 atom stereocenters. The molecule has 0 saturated carbocycles. The molecule has 1 aromatic rings. The average molecular weight is 284 g/mol. The predicted molar refractivity (Wildman–Crippen MR) is 77.2 cm³/mol. The van der Waals surface area contributed by atoms with Crippen LogP contribution in [0.4, 0.5) is 0 Å². The van der Waals surface area contributed by atoms with Crippen molar-refractivity contribution >= 4 is 8.80 Å². The van der Waals surface area contributed by atoms with Gasteiger partial charge in [-0.3, -0.25) is 0 Å². The second-order valence-corrected chi connectivity index (χ2v) is 6.86. The normalized spacial score (nSPS) is 13.3. The molecule has 0 aliphatic rings. The Bertz CT molecular complexity index is 328. The summed E-state index contributed by atoms with van der Waals surface area (Å²) in [5.74, 6) is 0.797. The standard InChI is InChI=1S/C14H24O4Si/c1-5-15-19(16-6-2,17-7-3)13(4)18-14-11-9-8-10-12-14/h8-13H,5-7H2,1-4H3. The van der Waals surface area contributed by atoms with Crippen LogP contribution in [-0.2, 0) is 13.3 Å². The van der Waals surface area contributed by atoms with Gasteiger partial charge in [0.2, 0.25) is 0 Å². The zero-order valence-electron chi connectivity index (χ0n) is 12.2. The van der Waals surface area contributed by atoms with Gasteiger partial charge in [0.15, 0.2) is 5.73 Å². The molecule has 0 aliphatic carbocycles. The van der Waals surface area contributed by atoms with Gasteiger partial charge in [0.25, 0.3) is 0 Å². The van der Waals surface area contributed by atoms with Crippen LogP contribution in [0.15, 0.2) is 30.3 Å². The second-order valence-electron chi connectivity index (χ2n) is 3.98. The van der Waals surface area contributed by atoms with Crippen LogP contribution in [0, 0.1) is 0 Å². The maximum atomic E-state index is 5.92. The Kier molecular flexibility index (Phi) is 7.08. The zero-order valence-corrected chi connectivity index (χ0v) is 13.2. The minimum atomic E-state index is -2.80. The highest BCUT2D eigenvalue weighted by molar-refractivity contribution is 6.62. The molecule has 0 amide bonds. The third kappa shape index (κ3) is 4.61. The molecule has 0 radical (unpaired) electrons. The molecule has 5 heteroatoms. The maximum Gasteiger partial charge on any atom is 0.543 e. The van der Waals surface area contributed by atoms with Crippen molar-refractivity contribution in [1.82, 2.24) is 0 Å². The van der Waals surface area contributed by atoms with Crippen LogP contribution in [0.5, 0.6) is 5.75 Å². The summed E-state index contributed by atoms with van der Waals surface area (Å²) in [5.41, 5.74) is -0.241. The Balaban J connectivity index is 2.82. The summed E-state index contributed by atoms with van der Waals surface area (Å²) in [7, 11) is -2.80. The van der Waals surface area contributed by atoms with E-state index in [0.29, 0.717) is 19.8 Å². The molecule has 1 unspecified atom stereocenters. The quantitative estimate of drug-likeness (QED) is 0.653. The molecule has 0 saturated heterocycles. The van der Waals surface area contributed by atoms with Crippen molar-refractivity contribution in [2.45, 2.75) is 33.4 Å². The predicted octanol–water partition coefficient (Wildman–Crippen LogP) is 3.04. The smallest absolute Gasteiger partial charge is 0.486 e. The molecule has 0 heterocycles. The molecular weight excluding hydrogens is 260 g/mol. The van der Waals surface area contributed by atoms with Gasteiger partial charge in [0.05, 0.1) is 0 Å². The largest absolute Gasteiger partial charge is 0.543 e. The monoisotopic (exact) mass is 284 g/mol. The fourth-order valence-corrected chi connectivity index (χ4v) is 4.30. The topological polar surface area (TPSA) is 36.9 Å². The van der Waals surface area contributed by atoms with Crippen LogP contribution in [0.3, 0.4) is 0 Å². The summed E-state index contributed by atoms with van der Waals surface area (Å²) in [4.78, 5) is 0. The lowest BCUT2D eigenvalue weighted by molar-refractivity contribution is 0.0335. The number of rotatable bonds is 9. The lowest BCUT2D eigenvalue weighted by Crippen LogP contribution is -2.57. The van der Waals surface area contributed by atoms with Crippen LogP contribution >= 0.6 is 0 Å². The number of para-hydroxylation sites is 1. The summed E-state index contributed by atoms with van der Waals surface area (Å²) < 4.78 is 23.4. The first-order chi connectivity index (χ1) is 9.18. The SMILES string of the molecule is CCO[Si](OCC)(OCC)C(C)Oc1ccccc1. The first-order valence-corrected chi connectivity index (χ1v) is 8.62. The number of hydrogen-bond donors (Lipinski definition) is 0. The first kappa shape index (κ1) is 16.2. The summed E-state index contributed by atoms with van der Waals surface area (Å²) in [6.45, 7) is 9.41. The van der Waals surface area contributed by atoms with E-state index in [9.17, 15) is 0 Å². The van der Waals surface area contributed by atoms with Gasteiger partial charge in [0.1, 0.15) is 5.75 Å². The van der Waals surface area contributed by atoms with Crippen LogP contribution < -0.4 is 4.74 Å². The molecule has 0 aromatic heterocycles. The number of ether oxygens (including phenoxy) is 1. The number of hydrogen-bond acceptors (Lipinski definition) is 4. The van der Waals surface area contributed by atoms with E-state index in [0.717, 1.165) is 5.75 Å². The van der Waals surface area contributed by atoms with Crippen molar-refractivity contribution in [2.24, 2.45) is 0 Å². The van der Waals surface area contributed by atoms with Crippen LogP contribution in [0.2, 0.25) is 0 Å². The third-order valence-electron chi connectivity index (χ3n) is 2.59. The Morgan fingerprint density at radius 2 is 1.37 bits per heavy atom. The molecule has 108 valence electrons. The van der Waals surface area contributed by atoms with Crippen molar-refractivity contribution < 1.29 is 18.0 Å². The minimum Gasteiger partial charge on any atom is -0.486 e. The Hall–Kier alpha value is -0.883. The van der Waals surface area contributed by atoms with Gasteiger partial charge in [-0.05, 0) is 39.8 Å². The zero-order chi connectivity index (χ0) is 14.1. The molecular formula is C14H24O4Si. The first-order valence-electron chi connectivity index (χ1n) is 6.82. The molecule has 0 spiro atoms. The van der Waals surface area contributed by atoms with Gasteiger partial charge in [-0.25, -0.2) is 0 Å². The van der Waals surface area contributed by atoms with E-state index in [1.165, 1.54) is 0 Å². The summed E-state index contributed by atoms with van der Waals surface area (Å²) >= 11 is 0. The lowest BCUT2D eigenvalue weighted by Gasteiger charge is -2.33. The highest BCUT2D eigenvalue weighted by Gasteiger charge is 2.49. The van der Waals surface area contributed by atoms with E-state index in [1.807, 2.05) is 58.0 Å². The minimum absolute atomic E-state index is 0.241. The molecule has 1 rings (SSSR count). The van der Waals surface area contributed by atoms with Crippen molar-refractivity contribution in [3.05, 3.63) is 30.3 Å². The van der Waals surface area contributed by atoms with E-state index >= 15 is 0 Å². The molecule has 4 nitrogen and oxygen atoms in total. The molecule has 1 aromatic carbocycles. The fraction of sp³-hybridized carbons (Fsp3) is 0.571. The van der Waals surface area contributed by atoms with Crippen molar-refractivity contribution in [1.29, 1.82) is 0 Å². The molecule has 0 aliphatic heterocycles. The highest BCUT2D eigenvalue weighted by Crippen LogP contribution is 2.21. The fourth-order valence-electron chi connectivity index (χ4n) is 1.86.